The first-order chi connectivity index (χ1) is 9.50. The first-order valence-electron chi connectivity index (χ1n) is 5.71. The van der Waals surface area contributed by atoms with Gasteiger partial charge in [-0.15, -0.1) is 0 Å². The van der Waals surface area contributed by atoms with Gasteiger partial charge in [0.15, 0.2) is 17.3 Å². The molecule has 0 fully saturated rings. The lowest BCUT2D eigenvalue weighted by Gasteiger charge is -2.04. The van der Waals surface area contributed by atoms with Crippen LogP contribution in [0.2, 0.25) is 0 Å². The third-order valence-corrected chi connectivity index (χ3v) is 2.71. The van der Waals surface area contributed by atoms with Crippen LogP contribution in [0, 0.1) is 5.82 Å². The SMILES string of the molecule is O=C(C=Cc1ccccc1F)c1ccc(O)c(O)c1O. The number of aromatic hydroxyl groups is 3. The number of rotatable bonds is 3. The van der Waals surface area contributed by atoms with E-state index < -0.39 is 28.8 Å². The molecule has 0 spiro atoms. The molecule has 0 aliphatic heterocycles. The largest absolute Gasteiger partial charge is 0.504 e. The molecule has 0 heterocycles. The Labute approximate surface area is 114 Å². The minimum Gasteiger partial charge on any atom is -0.504 e. The fraction of sp³-hybridized carbons (Fsp3) is 0. The van der Waals surface area contributed by atoms with Crippen LogP contribution in [-0.4, -0.2) is 21.1 Å². The van der Waals surface area contributed by atoms with Gasteiger partial charge in [-0.1, -0.05) is 18.2 Å². The van der Waals surface area contributed by atoms with Crippen molar-refractivity contribution in [3.63, 3.8) is 0 Å². The maximum atomic E-state index is 13.4. The topological polar surface area (TPSA) is 77.8 Å². The molecule has 2 aromatic rings. The lowest BCUT2D eigenvalue weighted by molar-refractivity contribution is 0.104. The molecule has 4 nitrogen and oxygen atoms in total. The highest BCUT2D eigenvalue weighted by molar-refractivity contribution is 6.09. The Morgan fingerprint density at radius 1 is 1.00 bits per heavy atom. The second kappa shape index (κ2) is 5.44. The quantitative estimate of drug-likeness (QED) is 0.457. The Bertz CT molecular complexity index is 692. The number of hydrogen-bond acceptors (Lipinski definition) is 4. The van der Waals surface area contributed by atoms with E-state index in [-0.39, 0.29) is 11.1 Å². The summed E-state index contributed by atoms with van der Waals surface area (Å²) in [4.78, 5) is 11.9. The molecule has 3 N–H and O–H groups in total. The molecule has 0 aromatic heterocycles. The monoisotopic (exact) mass is 274 g/mol. The molecule has 0 amide bonds. The fourth-order valence-corrected chi connectivity index (χ4v) is 1.63. The van der Waals surface area contributed by atoms with Crippen molar-refractivity contribution in [2.24, 2.45) is 0 Å². The number of allylic oxidation sites excluding steroid dienone is 1. The lowest BCUT2D eigenvalue weighted by atomic mass is 10.1. The third-order valence-electron chi connectivity index (χ3n) is 2.71. The van der Waals surface area contributed by atoms with Crippen LogP contribution in [0.5, 0.6) is 17.2 Å². The maximum Gasteiger partial charge on any atom is 0.201 e. The van der Waals surface area contributed by atoms with Crippen molar-refractivity contribution in [1.29, 1.82) is 0 Å². The molecule has 0 aliphatic rings. The summed E-state index contributed by atoms with van der Waals surface area (Å²) < 4.78 is 13.4. The van der Waals surface area contributed by atoms with Gasteiger partial charge in [-0.25, -0.2) is 4.39 Å². The van der Waals surface area contributed by atoms with E-state index >= 15 is 0 Å². The average molecular weight is 274 g/mol. The summed E-state index contributed by atoms with van der Waals surface area (Å²) in [6.45, 7) is 0. The van der Waals surface area contributed by atoms with Crippen molar-refractivity contribution in [1.82, 2.24) is 0 Å². The van der Waals surface area contributed by atoms with E-state index in [0.29, 0.717) is 0 Å². The molecule has 5 heteroatoms. The molecular formula is C15H11FO4. The van der Waals surface area contributed by atoms with Gasteiger partial charge in [0.2, 0.25) is 5.75 Å². The molecule has 0 bridgehead atoms. The molecule has 0 saturated carbocycles. The Morgan fingerprint density at radius 3 is 2.40 bits per heavy atom. The third kappa shape index (κ3) is 2.61. The average Bonchev–Trinajstić information content (AvgIpc) is 2.44. The van der Waals surface area contributed by atoms with Crippen LogP contribution in [0.25, 0.3) is 6.08 Å². The molecule has 0 atom stereocenters. The van der Waals surface area contributed by atoms with E-state index in [1.165, 1.54) is 30.3 Å². The molecule has 2 rings (SSSR count). The van der Waals surface area contributed by atoms with Crippen molar-refractivity contribution in [3.05, 3.63) is 59.4 Å². The van der Waals surface area contributed by atoms with E-state index in [1.54, 1.807) is 6.07 Å². The summed E-state index contributed by atoms with van der Waals surface area (Å²) in [5, 5.41) is 28.1. The van der Waals surface area contributed by atoms with E-state index in [9.17, 15) is 19.4 Å². The van der Waals surface area contributed by atoms with E-state index in [0.717, 1.165) is 12.1 Å². The van der Waals surface area contributed by atoms with Crippen LogP contribution in [0.15, 0.2) is 42.5 Å². The van der Waals surface area contributed by atoms with Gasteiger partial charge >= 0.3 is 0 Å². The summed E-state index contributed by atoms with van der Waals surface area (Å²) in [6, 6.07) is 8.15. The van der Waals surface area contributed by atoms with Crippen LogP contribution in [0.3, 0.4) is 0 Å². The molecule has 0 saturated heterocycles. The number of hydrogen-bond donors (Lipinski definition) is 3. The number of carbonyl (C=O) groups is 1. The number of phenolic OH excluding ortho intramolecular Hbond substituents is 3. The lowest BCUT2D eigenvalue weighted by Crippen LogP contribution is -1.95. The zero-order valence-electron chi connectivity index (χ0n) is 10.2. The summed E-state index contributed by atoms with van der Waals surface area (Å²) in [6.07, 6.45) is 2.34. The Morgan fingerprint density at radius 2 is 1.70 bits per heavy atom. The second-order valence-electron chi connectivity index (χ2n) is 4.05. The number of phenols is 3. The van der Waals surface area contributed by atoms with Gasteiger partial charge in [0.25, 0.3) is 0 Å². The first kappa shape index (κ1) is 13.6. The summed E-state index contributed by atoms with van der Waals surface area (Å²) in [5.74, 6) is -3.11. The number of ketones is 1. The van der Waals surface area contributed by atoms with Crippen LogP contribution in [0.1, 0.15) is 15.9 Å². The maximum absolute atomic E-state index is 13.4. The number of halogens is 1. The molecule has 2 aromatic carbocycles. The van der Waals surface area contributed by atoms with Crippen LogP contribution < -0.4 is 0 Å². The highest BCUT2D eigenvalue weighted by Gasteiger charge is 2.15. The number of benzene rings is 2. The zero-order chi connectivity index (χ0) is 14.7. The van der Waals surface area contributed by atoms with Gasteiger partial charge in [-0.3, -0.25) is 4.79 Å². The fourth-order valence-electron chi connectivity index (χ4n) is 1.63. The smallest absolute Gasteiger partial charge is 0.201 e. The standard InChI is InChI=1S/C15H11FO4/c16-11-4-2-1-3-9(11)5-7-12(17)10-6-8-13(18)15(20)14(10)19/h1-8,18-20H. The molecule has 102 valence electrons. The van der Waals surface area contributed by atoms with E-state index in [4.69, 9.17) is 5.11 Å². The predicted octanol–water partition coefficient (Wildman–Crippen LogP) is 2.84. The minimum absolute atomic E-state index is 0.187. The summed E-state index contributed by atoms with van der Waals surface area (Å²) in [7, 11) is 0. The van der Waals surface area contributed by atoms with Crippen molar-refractivity contribution in [3.8, 4) is 17.2 Å². The zero-order valence-corrected chi connectivity index (χ0v) is 10.2. The summed E-state index contributed by atoms with van der Waals surface area (Å²) >= 11 is 0. The van der Waals surface area contributed by atoms with Crippen molar-refractivity contribution < 1.29 is 24.5 Å². The van der Waals surface area contributed by atoms with Crippen molar-refractivity contribution >= 4 is 11.9 Å². The highest BCUT2D eigenvalue weighted by Crippen LogP contribution is 2.37. The highest BCUT2D eigenvalue weighted by atomic mass is 19.1. The molecule has 0 aliphatic carbocycles. The molecule has 0 radical (unpaired) electrons. The van der Waals surface area contributed by atoms with Gasteiger partial charge in [0, 0.05) is 5.56 Å². The normalized spacial score (nSPS) is 10.8. The van der Waals surface area contributed by atoms with Crippen LogP contribution >= 0.6 is 0 Å². The van der Waals surface area contributed by atoms with Gasteiger partial charge in [0.1, 0.15) is 5.82 Å². The van der Waals surface area contributed by atoms with Gasteiger partial charge in [0.05, 0.1) is 5.56 Å². The number of carbonyl (C=O) groups excluding carboxylic acids is 1. The Kier molecular flexibility index (Phi) is 3.70. The van der Waals surface area contributed by atoms with Crippen LogP contribution in [0.4, 0.5) is 4.39 Å². The summed E-state index contributed by atoms with van der Waals surface area (Å²) in [5.41, 5.74) is 0.0382. The van der Waals surface area contributed by atoms with Gasteiger partial charge in [-0.2, -0.15) is 0 Å². The molecule has 20 heavy (non-hydrogen) atoms. The Hall–Kier alpha value is -2.82. The van der Waals surface area contributed by atoms with E-state index in [2.05, 4.69) is 0 Å². The van der Waals surface area contributed by atoms with E-state index in [1.807, 2.05) is 0 Å². The van der Waals surface area contributed by atoms with Gasteiger partial charge in [-0.05, 0) is 30.4 Å². The van der Waals surface area contributed by atoms with Crippen LogP contribution in [-0.2, 0) is 0 Å². The minimum atomic E-state index is -0.768. The Balaban J connectivity index is 2.30. The van der Waals surface area contributed by atoms with Gasteiger partial charge < -0.3 is 15.3 Å². The first-order valence-corrected chi connectivity index (χ1v) is 5.71. The molecule has 0 unspecified atom stereocenters. The van der Waals surface area contributed by atoms with Crippen molar-refractivity contribution in [2.75, 3.05) is 0 Å². The van der Waals surface area contributed by atoms with Crippen molar-refractivity contribution in [2.45, 2.75) is 0 Å². The molecular weight excluding hydrogens is 263 g/mol. The second-order valence-corrected chi connectivity index (χ2v) is 4.05. The predicted molar refractivity (Wildman–Crippen MR) is 71.2 cm³/mol.